The van der Waals surface area contributed by atoms with Gasteiger partial charge in [-0.25, -0.2) is 0 Å². The fourth-order valence-electron chi connectivity index (χ4n) is 2.21. The summed E-state index contributed by atoms with van der Waals surface area (Å²) in [6.45, 7) is 10.2. The van der Waals surface area contributed by atoms with Gasteiger partial charge >= 0.3 is 0 Å². The van der Waals surface area contributed by atoms with Gasteiger partial charge < -0.3 is 5.32 Å². The quantitative estimate of drug-likeness (QED) is 0.693. The van der Waals surface area contributed by atoms with Gasteiger partial charge in [0.05, 0.1) is 0 Å². The maximum atomic E-state index is 3.70. The second kappa shape index (κ2) is 7.88. The maximum absolute atomic E-state index is 3.70. The van der Waals surface area contributed by atoms with Crippen molar-refractivity contribution in [1.29, 1.82) is 0 Å². The van der Waals surface area contributed by atoms with Crippen molar-refractivity contribution >= 4 is 11.3 Å². The lowest BCUT2D eigenvalue weighted by molar-refractivity contribution is 0.400. The van der Waals surface area contributed by atoms with Crippen molar-refractivity contribution in [3.63, 3.8) is 0 Å². The molecule has 17 heavy (non-hydrogen) atoms. The summed E-state index contributed by atoms with van der Waals surface area (Å²) in [5.41, 5.74) is 1.43. The van der Waals surface area contributed by atoms with Crippen LogP contribution in [0.25, 0.3) is 0 Å². The molecule has 0 aliphatic carbocycles. The second-order valence-corrected chi connectivity index (χ2v) is 5.96. The van der Waals surface area contributed by atoms with E-state index in [9.17, 15) is 0 Å². The molecule has 0 saturated carbocycles. The van der Waals surface area contributed by atoms with E-state index < -0.39 is 0 Å². The van der Waals surface area contributed by atoms with Crippen LogP contribution in [0.2, 0.25) is 0 Å². The van der Waals surface area contributed by atoms with Gasteiger partial charge in [-0.3, -0.25) is 0 Å². The number of thiophene rings is 1. The van der Waals surface area contributed by atoms with Crippen molar-refractivity contribution in [1.82, 2.24) is 5.32 Å². The molecule has 98 valence electrons. The monoisotopic (exact) mass is 253 g/mol. The Balaban J connectivity index is 2.36. The first kappa shape index (κ1) is 14.7. The lowest BCUT2D eigenvalue weighted by atomic mass is 9.99. The molecular formula is C15H27NS. The van der Waals surface area contributed by atoms with Crippen LogP contribution in [0.4, 0.5) is 0 Å². The summed E-state index contributed by atoms with van der Waals surface area (Å²) in [5.74, 6) is 0.845. The Labute approximate surface area is 111 Å². The summed E-state index contributed by atoms with van der Waals surface area (Å²) in [5, 5.41) is 5.89. The molecule has 0 aliphatic rings. The first-order chi connectivity index (χ1) is 8.19. The van der Waals surface area contributed by atoms with E-state index in [4.69, 9.17) is 0 Å². The SMILES string of the molecule is CCCCC(CC)CNC(C)c1sccc1C. The topological polar surface area (TPSA) is 12.0 Å². The van der Waals surface area contributed by atoms with Gasteiger partial charge in [-0.2, -0.15) is 0 Å². The highest BCUT2D eigenvalue weighted by atomic mass is 32.1. The van der Waals surface area contributed by atoms with Gasteiger partial charge in [0.15, 0.2) is 0 Å². The highest BCUT2D eigenvalue weighted by molar-refractivity contribution is 7.10. The predicted octanol–water partition coefficient (Wildman–Crippen LogP) is 4.92. The number of unbranched alkanes of at least 4 members (excludes halogenated alkanes) is 1. The highest BCUT2D eigenvalue weighted by Crippen LogP contribution is 2.24. The summed E-state index contributed by atoms with van der Waals surface area (Å²) in [6, 6.07) is 2.72. The number of rotatable bonds is 8. The van der Waals surface area contributed by atoms with Gasteiger partial charge in [0.25, 0.3) is 0 Å². The van der Waals surface area contributed by atoms with Crippen LogP contribution in [-0.4, -0.2) is 6.54 Å². The van der Waals surface area contributed by atoms with Gasteiger partial charge in [-0.15, -0.1) is 11.3 Å². The Kier molecular flexibility index (Phi) is 6.83. The van der Waals surface area contributed by atoms with Gasteiger partial charge in [0.1, 0.15) is 0 Å². The highest BCUT2D eigenvalue weighted by Gasteiger charge is 2.12. The van der Waals surface area contributed by atoms with Gasteiger partial charge in [-0.1, -0.05) is 33.1 Å². The van der Waals surface area contributed by atoms with Crippen LogP contribution in [0.5, 0.6) is 0 Å². The van der Waals surface area contributed by atoms with E-state index in [0.29, 0.717) is 6.04 Å². The molecule has 0 aliphatic heterocycles. The molecule has 0 radical (unpaired) electrons. The number of hydrogen-bond donors (Lipinski definition) is 1. The van der Waals surface area contributed by atoms with Crippen molar-refractivity contribution in [3.8, 4) is 0 Å². The van der Waals surface area contributed by atoms with Gasteiger partial charge in [0.2, 0.25) is 0 Å². The van der Waals surface area contributed by atoms with Crippen LogP contribution in [0.3, 0.4) is 0 Å². The van der Waals surface area contributed by atoms with Crippen LogP contribution in [0.15, 0.2) is 11.4 Å². The average Bonchev–Trinajstić information content (AvgIpc) is 2.75. The zero-order valence-electron chi connectivity index (χ0n) is 11.8. The van der Waals surface area contributed by atoms with Crippen LogP contribution in [0.1, 0.15) is 62.9 Å². The molecular weight excluding hydrogens is 226 g/mol. The zero-order chi connectivity index (χ0) is 12.7. The Morgan fingerprint density at radius 1 is 1.35 bits per heavy atom. The largest absolute Gasteiger partial charge is 0.309 e. The minimum absolute atomic E-state index is 0.505. The number of aryl methyl sites for hydroxylation is 1. The van der Waals surface area contributed by atoms with Gasteiger partial charge in [0, 0.05) is 10.9 Å². The van der Waals surface area contributed by atoms with E-state index in [1.54, 1.807) is 0 Å². The molecule has 0 amide bonds. The van der Waals surface area contributed by atoms with Crippen molar-refractivity contribution in [2.75, 3.05) is 6.54 Å². The lowest BCUT2D eigenvalue weighted by Gasteiger charge is -2.19. The van der Waals surface area contributed by atoms with E-state index in [0.717, 1.165) is 12.5 Å². The zero-order valence-corrected chi connectivity index (χ0v) is 12.6. The number of hydrogen-bond acceptors (Lipinski definition) is 2. The lowest BCUT2D eigenvalue weighted by Crippen LogP contribution is -2.25. The Morgan fingerprint density at radius 2 is 2.12 bits per heavy atom. The smallest absolute Gasteiger partial charge is 0.0388 e. The molecule has 1 heterocycles. The van der Waals surface area contributed by atoms with E-state index >= 15 is 0 Å². The van der Waals surface area contributed by atoms with Crippen molar-refractivity contribution in [2.24, 2.45) is 5.92 Å². The predicted molar refractivity (Wildman–Crippen MR) is 78.8 cm³/mol. The van der Waals surface area contributed by atoms with Crippen molar-refractivity contribution < 1.29 is 0 Å². The first-order valence-corrected chi connectivity index (χ1v) is 7.84. The van der Waals surface area contributed by atoms with Crippen LogP contribution in [0, 0.1) is 12.8 Å². The molecule has 2 heteroatoms. The van der Waals surface area contributed by atoms with E-state index in [-0.39, 0.29) is 0 Å². The third-order valence-corrected chi connectivity index (χ3v) is 4.75. The van der Waals surface area contributed by atoms with Crippen molar-refractivity contribution in [3.05, 3.63) is 21.9 Å². The molecule has 1 aromatic rings. The average molecular weight is 253 g/mol. The third kappa shape index (κ3) is 4.81. The molecule has 0 saturated heterocycles. The Hall–Kier alpha value is -0.340. The van der Waals surface area contributed by atoms with Gasteiger partial charge in [-0.05, 0) is 49.7 Å². The third-order valence-electron chi connectivity index (χ3n) is 3.55. The molecule has 1 rings (SSSR count). The van der Waals surface area contributed by atoms with Crippen molar-refractivity contribution in [2.45, 2.75) is 59.4 Å². The molecule has 0 aromatic carbocycles. The molecule has 1 aromatic heterocycles. The molecule has 0 bridgehead atoms. The fraction of sp³-hybridized carbons (Fsp3) is 0.733. The summed E-state index contributed by atoms with van der Waals surface area (Å²) in [6.07, 6.45) is 5.35. The summed E-state index contributed by atoms with van der Waals surface area (Å²) in [4.78, 5) is 1.50. The summed E-state index contributed by atoms with van der Waals surface area (Å²) >= 11 is 1.87. The standard InChI is InChI=1S/C15H27NS/c1-5-7-8-14(6-2)11-16-13(4)15-12(3)9-10-17-15/h9-10,13-14,16H,5-8,11H2,1-4H3. The van der Waals surface area contributed by atoms with E-state index in [1.807, 2.05) is 11.3 Å². The summed E-state index contributed by atoms with van der Waals surface area (Å²) in [7, 11) is 0. The molecule has 2 unspecified atom stereocenters. The maximum Gasteiger partial charge on any atom is 0.0388 e. The number of nitrogens with one attached hydrogen (secondary N) is 1. The molecule has 2 atom stereocenters. The van der Waals surface area contributed by atoms with E-state index in [1.165, 1.54) is 36.1 Å². The molecule has 0 fully saturated rings. The normalized spacial score (nSPS) is 14.8. The van der Waals surface area contributed by atoms with Crippen LogP contribution < -0.4 is 5.32 Å². The van der Waals surface area contributed by atoms with E-state index in [2.05, 4.69) is 44.5 Å². The van der Waals surface area contributed by atoms with Crippen LogP contribution in [-0.2, 0) is 0 Å². The molecule has 1 nitrogen and oxygen atoms in total. The molecule has 1 N–H and O–H groups in total. The Bertz CT molecular complexity index is 306. The fourth-order valence-corrected chi connectivity index (χ4v) is 3.17. The minimum Gasteiger partial charge on any atom is -0.309 e. The summed E-state index contributed by atoms with van der Waals surface area (Å²) < 4.78 is 0. The van der Waals surface area contributed by atoms with Crippen LogP contribution >= 0.6 is 11.3 Å². The second-order valence-electron chi connectivity index (χ2n) is 5.01. The minimum atomic E-state index is 0.505. The first-order valence-electron chi connectivity index (χ1n) is 6.96. The Morgan fingerprint density at radius 3 is 2.65 bits per heavy atom. The molecule has 0 spiro atoms.